The molecule has 0 saturated carbocycles. The van der Waals surface area contributed by atoms with Crippen molar-refractivity contribution in [3.8, 4) is 5.75 Å². The van der Waals surface area contributed by atoms with Crippen LogP contribution >= 0.6 is 0 Å². The van der Waals surface area contributed by atoms with E-state index in [9.17, 15) is 4.79 Å². The van der Waals surface area contributed by atoms with Crippen LogP contribution in [0, 0.1) is 6.92 Å². The number of aryl methyl sites for hydroxylation is 1. The highest BCUT2D eigenvalue weighted by atomic mass is 16.5. The molecule has 5 nitrogen and oxygen atoms in total. The Bertz CT molecular complexity index is 961. The number of amides is 1. The number of ether oxygens (including phenoxy) is 1. The van der Waals surface area contributed by atoms with Gasteiger partial charge in [-0.2, -0.15) is 0 Å². The van der Waals surface area contributed by atoms with Gasteiger partial charge in [0.1, 0.15) is 11.3 Å². The Morgan fingerprint density at radius 3 is 2.84 bits per heavy atom. The Balaban J connectivity index is 1.60. The molecule has 0 aliphatic heterocycles. The lowest BCUT2D eigenvalue weighted by atomic mass is 10.1. The van der Waals surface area contributed by atoms with Crippen LogP contribution < -0.4 is 15.8 Å². The second kappa shape index (κ2) is 5.93. The molecule has 3 aromatic rings. The zero-order chi connectivity index (χ0) is 17.6. The second-order valence-electron chi connectivity index (χ2n) is 6.43. The summed E-state index contributed by atoms with van der Waals surface area (Å²) < 4.78 is 11.0. The second-order valence-corrected chi connectivity index (χ2v) is 6.43. The minimum absolute atomic E-state index is 0.132. The van der Waals surface area contributed by atoms with Crippen molar-refractivity contribution >= 4 is 16.9 Å². The predicted octanol–water partition coefficient (Wildman–Crippen LogP) is 3.10. The first-order valence-corrected chi connectivity index (χ1v) is 8.30. The van der Waals surface area contributed by atoms with Crippen LogP contribution in [0.4, 0.5) is 0 Å². The summed E-state index contributed by atoms with van der Waals surface area (Å²) in [5.41, 5.74) is 10.0. The summed E-state index contributed by atoms with van der Waals surface area (Å²) in [6, 6.07) is 13.3. The minimum atomic E-state index is -0.235. The van der Waals surface area contributed by atoms with Gasteiger partial charge in [0, 0.05) is 17.0 Å². The number of rotatable bonds is 3. The van der Waals surface area contributed by atoms with Crippen molar-refractivity contribution in [1.29, 1.82) is 0 Å². The van der Waals surface area contributed by atoms with Gasteiger partial charge in [-0.15, -0.1) is 0 Å². The number of furan rings is 1. The molecule has 4 rings (SSSR count). The number of hydrogen-bond donors (Lipinski definition) is 2. The maximum Gasteiger partial charge on any atom is 0.287 e. The van der Waals surface area contributed by atoms with Gasteiger partial charge in [-0.25, -0.2) is 0 Å². The third-order valence-electron chi connectivity index (χ3n) is 4.96. The van der Waals surface area contributed by atoms with Gasteiger partial charge in [-0.1, -0.05) is 24.3 Å². The molecular formula is C20H20N2O3. The SMILES string of the molecule is COc1ccc2c(C)c(C(=O)N[C@H]3Cc4ccccc4[C@@H]3N)oc2c1. The standard InChI is InChI=1S/C20H20N2O3/c1-11-14-8-7-13(24-2)10-17(14)25-19(11)20(23)22-16-9-12-5-3-4-6-15(12)18(16)21/h3-8,10,16,18H,9,21H2,1-2H3,(H,22,23)/t16-,18-/m0/s1. The minimum Gasteiger partial charge on any atom is -0.497 e. The number of nitrogens with one attached hydrogen (secondary N) is 1. The molecule has 1 heterocycles. The smallest absolute Gasteiger partial charge is 0.287 e. The third kappa shape index (κ3) is 2.57. The van der Waals surface area contributed by atoms with Crippen molar-refractivity contribution < 1.29 is 13.9 Å². The Hall–Kier alpha value is -2.79. The molecule has 2 aromatic carbocycles. The highest BCUT2D eigenvalue weighted by molar-refractivity contribution is 5.99. The van der Waals surface area contributed by atoms with Crippen molar-refractivity contribution in [2.75, 3.05) is 7.11 Å². The molecule has 0 fully saturated rings. The topological polar surface area (TPSA) is 77.5 Å². The van der Waals surface area contributed by atoms with E-state index in [1.165, 1.54) is 5.56 Å². The van der Waals surface area contributed by atoms with Crippen LogP contribution in [-0.4, -0.2) is 19.1 Å². The number of carbonyl (C=O) groups excluding carboxylic acids is 1. The summed E-state index contributed by atoms with van der Waals surface area (Å²) in [7, 11) is 1.60. The van der Waals surface area contributed by atoms with Crippen LogP contribution in [0.25, 0.3) is 11.0 Å². The van der Waals surface area contributed by atoms with E-state index >= 15 is 0 Å². The van der Waals surface area contributed by atoms with Crippen molar-refractivity contribution in [3.63, 3.8) is 0 Å². The van der Waals surface area contributed by atoms with E-state index in [0.717, 1.165) is 22.9 Å². The molecule has 2 atom stereocenters. The Morgan fingerprint density at radius 1 is 1.28 bits per heavy atom. The van der Waals surface area contributed by atoms with E-state index in [-0.39, 0.29) is 18.0 Å². The van der Waals surface area contributed by atoms with Gasteiger partial charge in [0.15, 0.2) is 5.76 Å². The maximum atomic E-state index is 12.8. The first kappa shape index (κ1) is 15.7. The van der Waals surface area contributed by atoms with Gasteiger partial charge in [0.25, 0.3) is 5.91 Å². The highest BCUT2D eigenvalue weighted by Crippen LogP contribution is 2.31. The Labute approximate surface area is 145 Å². The molecule has 0 saturated heterocycles. The fourth-order valence-electron chi connectivity index (χ4n) is 3.55. The van der Waals surface area contributed by atoms with Gasteiger partial charge < -0.3 is 20.2 Å². The van der Waals surface area contributed by atoms with Crippen LogP contribution in [0.5, 0.6) is 5.75 Å². The van der Waals surface area contributed by atoms with Crippen molar-refractivity contribution in [1.82, 2.24) is 5.32 Å². The molecule has 25 heavy (non-hydrogen) atoms. The molecule has 3 N–H and O–H groups in total. The van der Waals surface area contributed by atoms with Crippen LogP contribution in [-0.2, 0) is 6.42 Å². The number of nitrogens with two attached hydrogens (primary N) is 1. The first-order chi connectivity index (χ1) is 12.1. The van der Waals surface area contributed by atoms with Gasteiger partial charge in [-0.05, 0) is 36.6 Å². The zero-order valence-electron chi connectivity index (χ0n) is 14.2. The number of methoxy groups -OCH3 is 1. The summed E-state index contributed by atoms with van der Waals surface area (Å²) in [5, 5.41) is 3.94. The van der Waals surface area contributed by atoms with Crippen LogP contribution in [0.1, 0.15) is 33.3 Å². The number of hydrogen-bond acceptors (Lipinski definition) is 4. The summed E-state index contributed by atoms with van der Waals surface area (Å²) in [5.74, 6) is 0.786. The molecule has 0 spiro atoms. The number of fused-ring (bicyclic) bond motifs is 2. The van der Waals surface area contributed by atoms with E-state index in [4.69, 9.17) is 14.9 Å². The number of carbonyl (C=O) groups is 1. The molecular weight excluding hydrogens is 316 g/mol. The van der Waals surface area contributed by atoms with Gasteiger partial charge in [0.2, 0.25) is 0 Å². The Morgan fingerprint density at radius 2 is 2.08 bits per heavy atom. The van der Waals surface area contributed by atoms with E-state index < -0.39 is 0 Å². The molecule has 1 aliphatic rings. The average molecular weight is 336 g/mol. The lowest BCUT2D eigenvalue weighted by Crippen LogP contribution is -2.40. The first-order valence-electron chi connectivity index (χ1n) is 8.30. The van der Waals surface area contributed by atoms with Gasteiger partial charge in [-0.3, -0.25) is 4.79 Å². The molecule has 5 heteroatoms. The van der Waals surface area contributed by atoms with Crippen molar-refractivity contribution in [2.45, 2.75) is 25.4 Å². The summed E-state index contributed by atoms with van der Waals surface area (Å²) >= 11 is 0. The van der Waals surface area contributed by atoms with E-state index in [1.807, 2.05) is 37.3 Å². The fourth-order valence-corrected chi connectivity index (χ4v) is 3.55. The highest BCUT2D eigenvalue weighted by Gasteiger charge is 2.31. The van der Waals surface area contributed by atoms with Gasteiger partial charge >= 0.3 is 0 Å². The van der Waals surface area contributed by atoms with Crippen LogP contribution in [0.3, 0.4) is 0 Å². The van der Waals surface area contributed by atoms with Crippen LogP contribution in [0.2, 0.25) is 0 Å². The van der Waals surface area contributed by atoms with Crippen LogP contribution in [0.15, 0.2) is 46.9 Å². The van der Waals surface area contributed by atoms with Crippen molar-refractivity contribution in [2.24, 2.45) is 5.73 Å². The molecule has 0 unspecified atom stereocenters. The third-order valence-corrected chi connectivity index (χ3v) is 4.96. The summed E-state index contributed by atoms with van der Waals surface area (Å²) in [6.07, 6.45) is 0.732. The Kier molecular flexibility index (Phi) is 3.73. The molecule has 1 amide bonds. The molecule has 1 aromatic heterocycles. The molecule has 1 aliphatic carbocycles. The zero-order valence-corrected chi connectivity index (χ0v) is 14.2. The monoisotopic (exact) mass is 336 g/mol. The summed E-state index contributed by atoms with van der Waals surface area (Å²) in [4.78, 5) is 12.8. The molecule has 0 radical (unpaired) electrons. The largest absolute Gasteiger partial charge is 0.497 e. The molecule has 0 bridgehead atoms. The predicted molar refractivity (Wildman–Crippen MR) is 95.8 cm³/mol. The van der Waals surface area contributed by atoms with Crippen molar-refractivity contribution in [3.05, 3.63) is 64.9 Å². The fraction of sp³-hybridized carbons (Fsp3) is 0.250. The molecule has 128 valence electrons. The van der Waals surface area contributed by atoms with E-state index in [2.05, 4.69) is 11.4 Å². The lowest BCUT2D eigenvalue weighted by molar-refractivity contribution is 0.0906. The maximum absolute atomic E-state index is 12.8. The van der Waals surface area contributed by atoms with Gasteiger partial charge in [0.05, 0.1) is 19.2 Å². The summed E-state index contributed by atoms with van der Waals surface area (Å²) in [6.45, 7) is 1.89. The lowest BCUT2D eigenvalue weighted by Gasteiger charge is -2.17. The normalized spacial score (nSPS) is 19.0. The quantitative estimate of drug-likeness (QED) is 0.770. The average Bonchev–Trinajstić information content (AvgIpc) is 3.12. The van der Waals surface area contributed by atoms with E-state index in [0.29, 0.717) is 17.1 Å². The number of benzene rings is 2. The van der Waals surface area contributed by atoms with E-state index in [1.54, 1.807) is 13.2 Å².